The minimum absolute atomic E-state index is 0.252. The Bertz CT molecular complexity index is 896. The second-order valence-electron chi connectivity index (χ2n) is 6.88. The maximum Gasteiger partial charge on any atom is 0.291 e. The van der Waals surface area contributed by atoms with Gasteiger partial charge in [0.2, 0.25) is 0 Å². The summed E-state index contributed by atoms with van der Waals surface area (Å²) in [7, 11) is 0. The minimum atomic E-state index is -0.305. The monoisotopic (exact) mass is 377 g/mol. The van der Waals surface area contributed by atoms with Crippen LogP contribution in [0.25, 0.3) is 0 Å². The number of hydrogen-bond donors (Lipinski definition) is 1. The molecule has 1 aromatic heterocycles. The molecule has 0 bridgehead atoms. The number of nitrogens with one attached hydrogen (secondary N) is 1. The van der Waals surface area contributed by atoms with Crippen LogP contribution >= 0.6 is 0 Å². The normalized spacial score (nSPS) is 14.0. The Morgan fingerprint density at radius 1 is 0.964 bits per heavy atom. The summed E-state index contributed by atoms with van der Waals surface area (Å²) in [5.74, 6) is 1.52. The van der Waals surface area contributed by atoms with Gasteiger partial charge < -0.3 is 19.2 Å². The molecule has 0 radical (unpaired) electrons. The van der Waals surface area contributed by atoms with Crippen LogP contribution in [-0.2, 0) is 6.61 Å². The van der Waals surface area contributed by atoms with Crippen molar-refractivity contribution in [3.63, 3.8) is 0 Å². The Labute approximate surface area is 164 Å². The fourth-order valence-electron chi connectivity index (χ4n) is 3.33. The molecule has 1 fully saturated rings. The first-order valence-corrected chi connectivity index (χ1v) is 9.60. The molecular formula is C23H23NO4. The molecule has 28 heavy (non-hydrogen) atoms. The van der Waals surface area contributed by atoms with Crippen molar-refractivity contribution in [2.24, 2.45) is 0 Å². The van der Waals surface area contributed by atoms with E-state index in [9.17, 15) is 4.79 Å². The summed E-state index contributed by atoms with van der Waals surface area (Å²) in [6.45, 7) is 0.261. The number of para-hydroxylation sites is 1. The van der Waals surface area contributed by atoms with Gasteiger partial charge in [-0.2, -0.15) is 0 Å². The van der Waals surface area contributed by atoms with Gasteiger partial charge in [0.15, 0.2) is 5.76 Å². The molecule has 0 unspecified atom stereocenters. The molecule has 1 N–H and O–H groups in total. The summed E-state index contributed by atoms with van der Waals surface area (Å²) < 4.78 is 17.0. The van der Waals surface area contributed by atoms with Crippen LogP contribution in [0, 0.1) is 0 Å². The zero-order valence-electron chi connectivity index (χ0n) is 15.6. The lowest BCUT2D eigenvalue weighted by Gasteiger charge is -2.13. The van der Waals surface area contributed by atoms with Crippen molar-refractivity contribution in [1.29, 1.82) is 0 Å². The van der Waals surface area contributed by atoms with Crippen LogP contribution in [0.2, 0.25) is 0 Å². The predicted octanol–water partition coefficient (Wildman–Crippen LogP) is 5.43. The van der Waals surface area contributed by atoms with Gasteiger partial charge in [-0.1, -0.05) is 18.2 Å². The second kappa shape index (κ2) is 8.65. The summed E-state index contributed by atoms with van der Waals surface area (Å²) >= 11 is 0. The molecule has 1 heterocycles. The second-order valence-corrected chi connectivity index (χ2v) is 6.88. The summed E-state index contributed by atoms with van der Waals surface area (Å²) in [6.07, 6.45) is 6.51. The molecule has 0 aliphatic heterocycles. The van der Waals surface area contributed by atoms with E-state index >= 15 is 0 Å². The van der Waals surface area contributed by atoms with E-state index < -0.39 is 0 Å². The van der Waals surface area contributed by atoms with Gasteiger partial charge in [0.1, 0.15) is 18.1 Å². The van der Waals surface area contributed by atoms with Gasteiger partial charge in [-0.05, 0) is 68.1 Å². The molecule has 1 aliphatic carbocycles. The first-order chi connectivity index (χ1) is 13.8. The molecule has 5 heteroatoms. The van der Waals surface area contributed by atoms with Crippen molar-refractivity contribution in [2.75, 3.05) is 5.32 Å². The SMILES string of the molecule is O=C(Nc1ccc(OC2CCCC2)cc1)c1occc1COc1ccccc1. The first-order valence-electron chi connectivity index (χ1n) is 9.60. The lowest BCUT2D eigenvalue weighted by atomic mass is 10.2. The molecule has 0 spiro atoms. The molecule has 144 valence electrons. The van der Waals surface area contributed by atoms with E-state index in [2.05, 4.69) is 5.32 Å². The number of hydrogen-bond acceptors (Lipinski definition) is 4. The van der Waals surface area contributed by atoms with Gasteiger partial charge in [-0.25, -0.2) is 0 Å². The Morgan fingerprint density at radius 3 is 2.46 bits per heavy atom. The molecule has 1 amide bonds. The van der Waals surface area contributed by atoms with E-state index in [0.717, 1.165) is 24.3 Å². The van der Waals surface area contributed by atoms with Gasteiger partial charge in [0, 0.05) is 11.3 Å². The topological polar surface area (TPSA) is 60.7 Å². The maximum atomic E-state index is 12.6. The predicted molar refractivity (Wildman–Crippen MR) is 107 cm³/mol. The highest BCUT2D eigenvalue weighted by Crippen LogP contribution is 2.25. The summed E-state index contributed by atoms with van der Waals surface area (Å²) in [5, 5.41) is 2.86. The largest absolute Gasteiger partial charge is 0.490 e. The van der Waals surface area contributed by atoms with E-state index in [1.807, 2.05) is 54.6 Å². The van der Waals surface area contributed by atoms with Gasteiger partial charge >= 0.3 is 0 Å². The molecule has 5 nitrogen and oxygen atoms in total. The number of carbonyl (C=O) groups excluding carboxylic acids is 1. The molecule has 0 atom stereocenters. The molecule has 1 aliphatic rings. The third kappa shape index (κ3) is 4.55. The number of ether oxygens (including phenoxy) is 2. The fourth-order valence-corrected chi connectivity index (χ4v) is 3.33. The number of amides is 1. The van der Waals surface area contributed by atoms with Crippen molar-refractivity contribution >= 4 is 11.6 Å². The molecule has 4 rings (SSSR count). The minimum Gasteiger partial charge on any atom is -0.490 e. The molecule has 2 aromatic carbocycles. The van der Waals surface area contributed by atoms with E-state index in [0.29, 0.717) is 17.4 Å². The Balaban J connectivity index is 1.35. The average Bonchev–Trinajstić information content (AvgIpc) is 3.40. The number of furan rings is 1. The van der Waals surface area contributed by atoms with Crippen LogP contribution < -0.4 is 14.8 Å². The smallest absolute Gasteiger partial charge is 0.291 e. The highest BCUT2D eigenvalue weighted by molar-refractivity contribution is 6.03. The molecule has 0 saturated heterocycles. The zero-order chi connectivity index (χ0) is 19.2. The van der Waals surface area contributed by atoms with Gasteiger partial charge in [-0.3, -0.25) is 4.79 Å². The Morgan fingerprint density at radius 2 is 1.71 bits per heavy atom. The van der Waals surface area contributed by atoms with Crippen molar-refractivity contribution < 1.29 is 18.7 Å². The van der Waals surface area contributed by atoms with Gasteiger partial charge in [0.05, 0.1) is 12.4 Å². The first kappa shape index (κ1) is 18.2. The van der Waals surface area contributed by atoms with Crippen LogP contribution in [0.5, 0.6) is 11.5 Å². The molecule has 1 saturated carbocycles. The molecule has 3 aromatic rings. The number of anilines is 1. The number of rotatable bonds is 7. The lowest BCUT2D eigenvalue weighted by Crippen LogP contribution is -2.14. The van der Waals surface area contributed by atoms with Crippen molar-refractivity contribution in [2.45, 2.75) is 38.4 Å². The summed E-state index contributed by atoms with van der Waals surface area (Å²) in [6, 6.07) is 18.7. The van der Waals surface area contributed by atoms with Crippen LogP contribution in [-0.4, -0.2) is 12.0 Å². The quantitative estimate of drug-likeness (QED) is 0.596. The van der Waals surface area contributed by atoms with Crippen LogP contribution in [0.1, 0.15) is 41.8 Å². The van der Waals surface area contributed by atoms with Gasteiger partial charge in [0.25, 0.3) is 5.91 Å². The summed E-state index contributed by atoms with van der Waals surface area (Å²) in [4.78, 5) is 12.6. The maximum absolute atomic E-state index is 12.6. The average molecular weight is 377 g/mol. The van der Waals surface area contributed by atoms with Crippen LogP contribution in [0.15, 0.2) is 71.3 Å². The van der Waals surface area contributed by atoms with Crippen molar-refractivity contribution in [3.05, 3.63) is 78.3 Å². The highest BCUT2D eigenvalue weighted by Gasteiger charge is 2.18. The van der Waals surface area contributed by atoms with E-state index in [-0.39, 0.29) is 18.3 Å². The third-order valence-electron chi connectivity index (χ3n) is 4.81. The van der Waals surface area contributed by atoms with E-state index in [1.165, 1.54) is 19.1 Å². The number of carbonyl (C=O) groups is 1. The number of benzene rings is 2. The van der Waals surface area contributed by atoms with E-state index in [4.69, 9.17) is 13.9 Å². The fraction of sp³-hybridized carbons (Fsp3) is 0.261. The standard InChI is InChI=1S/C23H23NO4/c25-23(22-17(14-15-26-22)16-27-19-6-2-1-3-7-19)24-18-10-12-21(13-11-18)28-20-8-4-5-9-20/h1-3,6-7,10-15,20H,4-5,8-9,16H2,(H,24,25). The van der Waals surface area contributed by atoms with Crippen LogP contribution in [0.4, 0.5) is 5.69 Å². The zero-order valence-corrected chi connectivity index (χ0v) is 15.6. The highest BCUT2D eigenvalue weighted by atomic mass is 16.5. The van der Waals surface area contributed by atoms with Crippen molar-refractivity contribution in [3.8, 4) is 11.5 Å². The Hall–Kier alpha value is -3.21. The lowest BCUT2D eigenvalue weighted by molar-refractivity contribution is 0.0993. The van der Waals surface area contributed by atoms with Gasteiger partial charge in [-0.15, -0.1) is 0 Å². The Kier molecular flexibility index (Phi) is 5.61. The third-order valence-corrected chi connectivity index (χ3v) is 4.81. The van der Waals surface area contributed by atoms with E-state index in [1.54, 1.807) is 6.07 Å². The molecular weight excluding hydrogens is 354 g/mol. The summed E-state index contributed by atoms with van der Waals surface area (Å²) in [5.41, 5.74) is 1.39. The van der Waals surface area contributed by atoms with Crippen molar-refractivity contribution in [1.82, 2.24) is 0 Å². The van der Waals surface area contributed by atoms with Crippen LogP contribution in [0.3, 0.4) is 0 Å².